The Bertz CT molecular complexity index is 1160. The Morgan fingerprint density at radius 3 is 2.41 bits per heavy atom. The molecule has 0 aliphatic rings. The summed E-state index contributed by atoms with van der Waals surface area (Å²) in [5, 5.41) is 18.2. The van der Waals surface area contributed by atoms with E-state index in [1.54, 1.807) is 31.2 Å². The van der Waals surface area contributed by atoms with Crippen molar-refractivity contribution in [2.24, 2.45) is 0 Å². The number of nitrogens with zero attached hydrogens (tertiary/aromatic N) is 1. The number of hydrogen-bond donors (Lipinski definition) is 2. The highest BCUT2D eigenvalue weighted by Crippen LogP contribution is 2.40. The Kier molecular flexibility index (Phi) is 6.87. The summed E-state index contributed by atoms with van der Waals surface area (Å²) in [5.74, 6) is -2.65. The summed E-state index contributed by atoms with van der Waals surface area (Å²) in [6.07, 6.45) is 0.414. The lowest BCUT2D eigenvalue weighted by Gasteiger charge is -2.19. The van der Waals surface area contributed by atoms with Crippen molar-refractivity contribution in [1.82, 2.24) is 4.98 Å². The highest BCUT2D eigenvalue weighted by Gasteiger charge is 2.24. The number of aliphatic carboxylic acids is 1. The van der Waals surface area contributed by atoms with Crippen LogP contribution < -0.4 is 9.47 Å². The van der Waals surface area contributed by atoms with Gasteiger partial charge in [0.05, 0.1) is 5.39 Å². The van der Waals surface area contributed by atoms with Crippen molar-refractivity contribution in [2.45, 2.75) is 26.4 Å². The Labute approximate surface area is 181 Å². The van der Waals surface area contributed by atoms with Gasteiger partial charge in [0.25, 0.3) is 0 Å². The molecule has 168 valence electrons. The molecule has 32 heavy (non-hydrogen) atoms. The van der Waals surface area contributed by atoms with Gasteiger partial charge >= 0.3 is 12.6 Å². The maximum Gasteiger partial charge on any atom is 0.387 e. The monoisotopic (exact) mass is 447 g/mol. The van der Waals surface area contributed by atoms with Crippen molar-refractivity contribution >= 4 is 22.6 Å². The van der Waals surface area contributed by atoms with E-state index in [1.165, 1.54) is 0 Å². The fourth-order valence-electron chi connectivity index (χ4n) is 3.33. The number of ether oxygens (including phenoxy) is 2. The third-order valence-corrected chi connectivity index (χ3v) is 4.75. The molecular formula is C23H20F3NO5. The molecular weight excluding hydrogens is 427 g/mol. The largest absolute Gasteiger partial charge is 0.508 e. The molecule has 3 aromatic rings. The van der Waals surface area contributed by atoms with E-state index in [9.17, 15) is 23.1 Å². The molecule has 0 spiro atoms. The van der Waals surface area contributed by atoms with Crippen LogP contribution in [0.15, 0.2) is 43.0 Å². The maximum atomic E-state index is 14.6. The number of rotatable bonds is 9. The van der Waals surface area contributed by atoms with E-state index in [1.807, 2.05) is 0 Å². The number of carboxylic acids is 1. The molecule has 2 aromatic carbocycles. The first-order chi connectivity index (χ1) is 15.2. The van der Waals surface area contributed by atoms with Gasteiger partial charge in [0.15, 0.2) is 6.61 Å². The van der Waals surface area contributed by atoms with E-state index in [4.69, 9.17) is 14.6 Å². The molecule has 0 amide bonds. The molecule has 0 saturated carbocycles. The zero-order chi connectivity index (χ0) is 23.4. The number of benzene rings is 2. The van der Waals surface area contributed by atoms with Gasteiger partial charge in [0.1, 0.15) is 28.6 Å². The molecule has 0 aliphatic carbocycles. The van der Waals surface area contributed by atoms with Gasteiger partial charge in [-0.15, -0.1) is 0 Å². The summed E-state index contributed by atoms with van der Waals surface area (Å²) >= 11 is 0. The quantitative estimate of drug-likeness (QED) is 0.443. The van der Waals surface area contributed by atoms with Gasteiger partial charge in [0.2, 0.25) is 0 Å². The Balaban J connectivity index is 2.23. The number of halogens is 3. The van der Waals surface area contributed by atoms with Crippen molar-refractivity contribution in [3.05, 3.63) is 71.2 Å². The zero-order valence-corrected chi connectivity index (χ0v) is 17.1. The van der Waals surface area contributed by atoms with E-state index in [-0.39, 0.29) is 34.6 Å². The molecule has 3 rings (SSSR count). The van der Waals surface area contributed by atoms with E-state index in [0.29, 0.717) is 28.8 Å². The number of aliphatic hydroxyl groups is 1. The summed E-state index contributed by atoms with van der Waals surface area (Å²) in [4.78, 5) is 15.2. The van der Waals surface area contributed by atoms with Crippen LogP contribution in [0, 0.1) is 5.82 Å². The second-order valence-corrected chi connectivity index (χ2v) is 6.87. The molecule has 9 heteroatoms. The average molecular weight is 447 g/mol. The number of aliphatic hydroxyl groups excluding tert-OH is 1. The van der Waals surface area contributed by atoms with Gasteiger partial charge in [-0.25, -0.2) is 14.2 Å². The van der Waals surface area contributed by atoms with Crippen molar-refractivity contribution in [1.29, 1.82) is 0 Å². The Morgan fingerprint density at radius 1 is 1.16 bits per heavy atom. The summed E-state index contributed by atoms with van der Waals surface area (Å²) in [7, 11) is 0. The maximum absolute atomic E-state index is 14.6. The SMILES string of the molecule is C=C(O)c1ccc(Cc2c(CC)nc3c(F)ccc(OCC(=O)O)c3c2OC(F)F)cc1. The number of carboxylic acid groups (broad SMARTS) is 1. The Morgan fingerprint density at radius 2 is 1.84 bits per heavy atom. The minimum absolute atomic E-state index is 0.112. The fraction of sp³-hybridized carbons (Fsp3) is 0.217. The van der Waals surface area contributed by atoms with Crippen molar-refractivity contribution in [3.8, 4) is 11.5 Å². The van der Waals surface area contributed by atoms with Crippen LogP contribution in [0.2, 0.25) is 0 Å². The number of carbonyl (C=O) groups is 1. The van der Waals surface area contributed by atoms with E-state index >= 15 is 0 Å². The van der Waals surface area contributed by atoms with Crippen LogP contribution in [0.1, 0.15) is 29.3 Å². The number of fused-ring (bicyclic) bond motifs is 1. The van der Waals surface area contributed by atoms with Crippen LogP contribution in [0.25, 0.3) is 16.7 Å². The molecule has 0 unspecified atom stereocenters. The molecule has 0 bridgehead atoms. The van der Waals surface area contributed by atoms with Gasteiger partial charge in [0, 0.05) is 23.2 Å². The number of pyridine rings is 1. The van der Waals surface area contributed by atoms with Gasteiger partial charge in [-0.05, 0) is 24.1 Å². The molecule has 0 atom stereocenters. The summed E-state index contributed by atoms with van der Waals surface area (Å²) in [6, 6.07) is 8.77. The first-order valence-electron chi connectivity index (χ1n) is 9.61. The number of aryl methyl sites for hydroxylation is 1. The first kappa shape index (κ1) is 22.9. The van der Waals surface area contributed by atoms with Crippen LogP contribution in [0.3, 0.4) is 0 Å². The molecule has 1 aromatic heterocycles. The molecule has 2 N–H and O–H groups in total. The van der Waals surface area contributed by atoms with Crippen LogP contribution in [-0.2, 0) is 17.6 Å². The third kappa shape index (κ3) is 4.93. The molecule has 0 radical (unpaired) electrons. The summed E-state index contributed by atoms with van der Waals surface area (Å²) in [6.45, 7) is 1.21. The second-order valence-electron chi connectivity index (χ2n) is 6.87. The summed E-state index contributed by atoms with van der Waals surface area (Å²) in [5.41, 5.74) is 1.57. The van der Waals surface area contributed by atoms with Gasteiger partial charge < -0.3 is 19.7 Å². The number of aromatic nitrogens is 1. The standard InChI is InChI=1S/C23H20F3NO5/c1-3-17-15(10-13-4-6-14(7-5-13)12(2)28)22(32-23(25)26)20-18(31-11-19(29)30)9-8-16(24)21(20)27-17/h4-9,23,28H,2-3,10-11H2,1H3,(H,29,30). The van der Waals surface area contributed by atoms with Gasteiger partial charge in [-0.2, -0.15) is 8.78 Å². The topological polar surface area (TPSA) is 88.9 Å². The first-order valence-corrected chi connectivity index (χ1v) is 9.61. The Hall–Kier alpha value is -3.75. The fourth-order valence-corrected chi connectivity index (χ4v) is 3.33. The molecule has 0 aliphatic heterocycles. The lowest BCUT2D eigenvalue weighted by Crippen LogP contribution is -2.13. The minimum Gasteiger partial charge on any atom is -0.508 e. The summed E-state index contributed by atoms with van der Waals surface area (Å²) < 4.78 is 51.4. The second kappa shape index (κ2) is 9.59. The van der Waals surface area contributed by atoms with Crippen LogP contribution >= 0.6 is 0 Å². The lowest BCUT2D eigenvalue weighted by molar-refractivity contribution is -0.139. The van der Waals surface area contributed by atoms with Crippen molar-refractivity contribution in [2.75, 3.05) is 6.61 Å². The molecule has 0 fully saturated rings. The highest BCUT2D eigenvalue weighted by molar-refractivity contribution is 5.93. The normalized spacial score (nSPS) is 11.0. The van der Waals surface area contributed by atoms with Crippen molar-refractivity contribution in [3.63, 3.8) is 0 Å². The van der Waals surface area contributed by atoms with E-state index in [2.05, 4.69) is 11.6 Å². The van der Waals surface area contributed by atoms with Crippen LogP contribution in [0.5, 0.6) is 11.5 Å². The third-order valence-electron chi connectivity index (χ3n) is 4.75. The predicted octanol–water partition coefficient (Wildman–Crippen LogP) is 5.12. The number of alkyl halides is 2. The van der Waals surface area contributed by atoms with Crippen molar-refractivity contribution < 1.29 is 37.7 Å². The lowest BCUT2D eigenvalue weighted by atomic mass is 9.97. The van der Waals surface area contributed by atoms with Gasteiger partial charge in [-0.3, -0.25) is 0 Å². The minimum atomic E-state index is -3.22. The van der Waals surface area contributed by atoms with E-state index < -0.39 is 25.0 Å². The van der Waals surface area contributed by atoms with Gasteiger partial charge in [-0.1, -0.05) is 37.8 Å². The predicted molar refractivity (Wildman–Crippen MR) is 112 cm³/mol. The molecule has 6 nitrogen and oxygen atoms in total. The zero-order valence-electron chi connectivity index (χ0n) is 17.1. The molecule has 0 saturated heterocycles. The smallest absolute Gasteiger partial charge is 0.387 e. The number of hydrogen-bond acceptors (Lipinski definition) is 5. The van der Waals surface area contributed by atoms with Crippen LogP contribution in [0.4, 0.5) is 13.2 Å². The highest BCUT2D eigenvalue weighted by atomic mass is 19.3. The van der Waals surface area contributed by atoms with Crippen LogP contribution in [-0.4, -0.2) is 34.4 Å². The average Bonchev–Trinajstić information content (AvgIpc) is 2.74. The molecule has 1 heterocycles. The van der Waals surface area contributed by atoms with E-state index in [0.717, 1.165) is 12.1 Å².